The highest BCUT2D eigenvalue weighted by atomic mass is 35.5. The molecule has 0 amide bonds. The second-order valence-corrected chi connectivity index (χ2v) is 5.26. The summed E-state index contributed by atoms with van der Waals surface area (Å²) in [5, 5.41) is 3.45. The lowest BCUT2D eigenvalue weighted by Crippen LogP contribution is -2.23. The highest BCUT2D eigenvalue weighted by Gasteiger charge is 2.08. The number of halogens is 1. The van der Waals surface area contributed by atoms with Crippen LogP contribution in [0.4, 0.5) is 0 Å². The predicted molar refractivity (Wildman–Crippen MR) is 75.3 cm³/mol. The van der Waals surface area contributed by atoms with Gasteiger partial charge in [0.2, 0.25) is 0 Å². The third kappa shape index (κ3) is 3.38. The summed E-state index contributed by atoms with van der Waals surface area (Å²) in [6.45, 7) is 5.00. The molecule has 0 unspecified atom stereocenters. The Bertz CT molecular complexity index is 517. The zero-order valence-electron chi connectivity index (χ0n) is 10.5. The number of likely N-dealkylation sites (N-methyl/N-ethyl adjacent to an activating group) is 1. The van der Waals surface area contributed by atoms with Gasteiger partial charge in [-0.15, -0.1) is 11.3 Å². The van der Waals surface area contributed by atoms with E-state index in [1.54, 1.807) is 11.3 Å². The van der Waals surface area contributed by atoms with E-state index in [0.717, 1.165) is 35.8 Å². The average Bonchev–Trinajstić information content (AvgIpc) is 2.78. The number of fused-ring (bicyclic) bond motifs is 1. The maximum absolute atomic E-state index is 6.13. The molecule has 2 aromatic rings. The molecule has 0 bridgehead atoms. The number of thiophene rings is 1. The van der Waals surface area contributed by atoms with Gasteiger partial charge < -0.3 is 4.74 Å². The number of hydrogen-bond acceptors (Lipinski definition) is 5. The third-order valence-electron chi connectivity index (χ3n) is 2.56. The van der Waals surface area contributed by atoms with Crippen molar-refractivity contribution in [2.24, 2.45) is 0 Å². The fourth-order valence-electron chi connectivity index (χ4n) is 1.62. The van der Waals surface area contributed by atoms with Gasteiger partial charge in [-0.25, -0.2) is 9.97 Å². The van der Waals surface area contributed by atoms with Gasteiger partial charge in [-0.05, 0) is 25.4 Å². The number of rotatable bonds is 6. The Balaban J connectivity index is 2.02. The topological polar surface area (TPSA) is 38.2 Å². The summed E-state index contributed by atoms with van der Waals surface area (Å²) in [7, 11) is 2.02. The van der Waals surface area contributed by atoms with Gasteiger partial charge in [0, 0.05) is 18.5 Å². The number of hydrogen-bond donors (Lipinski definition) is 0. The standard InChI is InChI=1S/C12H16ClN3OS/c1-3-17-6-5-16(2)8-10-14-11(13)9-4-7-18-12(9)15-10/h4,7H,3,5-6,8H2,1-2H3. The first kappa shape index (κ1) is 13.7. The van der Waals surface area contributed by atoms with Gasteiger partial charge in [-0.1, -0.05) is 11.6 Å². The van der Waals surface area contributed by atoms with Gasteiger partial charge in [-0.3, -0.25) is 4.90 Å². The Morgan fingerprint density at radius 3 is 3.06 bits per heavy atom. The van der Waals surface area contributed by atoms with Crippen molar-refractivity contribution in [2.45, 2.75) is 13.5 Å². The molecule has 0 N–H and O–H groups in total. The van der Waals surface area contributed by atoms with E-state index in [2.05, 4.69) is 14.9 Å². The van der Waals surface area contributed by atoms with Crippen LogP contribution >= 0.6 is 22.9 Å². The summed E-state index contributed by atoms with van der Waals surface area (Å²) in [6.07, 6.45) is 0. The smallest absolute Gasteiger partial charge is 0.145 e. The zero-order valence-corrected chi connectivity index (χ0v) is 12.1. The van der Waals surface area contributed by atoms with Crippen LogP contribution in [0, 0.1) is 0 Å². The molecule has 0 aliphatic carbocycles. The van der Waals surface area contributed by atoms with E-state index in [0.29, 0.717) is 11.7 Å². The Hall–Kier alpha value is -0.750. The van der Waals surface area contributed by atoms with E-state index in [-0.39, 0.29) is 0 Å². The van der Waals surface area contributed by atoms with Crippen molar-refractivity contribution in [3.63, 3.8) is 0 Å². The van der Waals surface area contributed by atoms with Crippen molar-refractivity contribution in [1.29, 1.82) is 0 Å². The van der Waals surface area contributed by atoms with Gasteiger partial charge >= 0.3 is 0 Å². The molecule has 2 aromatic heterocycles. The molecule has 0 aliphatic rings. The summed E-state index contributed by atoms with van der Waals surface area (Å²) >= 11 is 7.71. The molecule has 18 heavy (non-hydrogen) atoms. The van der Waals surface area contributed by atoms with Crippen LogP contribution in [0.1, 0.15) is 12.7 Å². The Kier molecular flexibility index (Phi) is 4.88. The Labute approximate surface area is 116 Å². The third-order valence-corrected chi connectivity index (χ3v) is 3.65. The minimum Gasteiger partial charge on any atom is -0.380 e. The monoisotopic (exact) mass is 285 g/mol. The molecule has 2 rings (SSSR count). The highest BCUT2D eigenvalue weighted by molar-refractivity contribution is 7.16. The normalized spacial score (nSPS) is 11.6. The predicted octanol–water partition coefficient (Wildman–Crippen LogP) is 2.81. The highest BCUT2D eigenvalue weighted by Crippen LogP contribution is 2.24. The van der Waals surface area contributed by atoms with Crippen LogP contribution in [0.2, 0.25) is 5.15 Å². The minimum atomic E-state index is 0.537. The van der Waals surface area contributed by atoms with Crippen molar-refractivity contribution in [3.05, 3.63) is 22.4 Å². The van der Waals surface area contributed by atoms with Crippen molar-refractivity contribution in [1.82, 2.24) is 14.9 Å². The van der Waals surface area contributed by atoms with E-state index in [9.17, 15) is 0 Å². The van der Waals surface area contributed by atoms with Gasteiger partial charge in [-0.2, -0.15) is 0 Å². The molecule has 0 saturated heterocycles. The van der Waals surface area contributed by atoms with Crippen LogP contribution in [0.25, 0.3) is 10.2 Å². The minimum absolute atomic E-state index is 0.537. The SMILES string of the molecule is CCOCCN(C)Cc1nc(Cl)c2ccsc2n1. The van der Waals surface area contributed by atoms with Crippen molar-refractivity contribution >= 4 is 33.2 Å². The molecular weight excluding hydrogens is 270 g/mol. The Morgan fingerprint density at radius 1 is 1.44 bits per heavy atom. The summed E-state index contributed by atoms with van der Waals surface area (Å²) in [5.41, 5.74) is 0. The summed E-state index contributed by atoms with van der Waals surface area (Å²) in [4.78, 5) is 11.9. The van der Waals surface area contributed by atoms with Crippen LogP contribution < -0.4 is 0 Å². The van der Waals surface area contributed by atoms with E-state index >= 15 is 0 Å². The van der Waals surface area contributed by atoms with E-state index in [4.69, 9.17) is 16.3 Å². The molecule has 4 nitrogen and oxygen atoms in total. The summed E-state index contributed by atoms with van der Waals surface area (Å²) < 4.78 is 5.32. The number of aromatic nitrogens is 2. The molecule has 2 heterocycles. The second-order valence-electron chi connectivity index (χ2n) is 4.00. The number of ether oxygens (including phenoxy) is 1. The van der Waals surface area contributed by atoms with E-state index < -0.39 is 0 Å². The largest absolute Gasteiger partial charge is 0.380 e. The van der Waals surface area contributed by atoms with Gasteiger partial charge in [0.05, 0.1) is 13.2 Å². The lowest BCUT2D eigenvalue weighted by molar-refractivity contribution is 0.119. The first-order valence-corrected chi connectivity index (χ1v) is 7.12. The lowest BCUT2D eigenvalue weighted by atomic mass is 10.4. The van der Waals surface area contributed by atoms with Crippen molar-refractivity contribution < 1.29 is 4.74 Å². The zero-order chi connectivity index (χ0) is 13.0. The molecular formula is C12H16ClN3OS. The molecule has 0 aromatic carbocycles. The number of nitrogens with zero attached hydrogens (tertiary/aromatic N) is 3. The summed E-state index contributed by atoms with van der Waals surface area (Å²) in [5.74, 6) is 0.758. The maximum Gasteiger partial charge on any atom is 0.145 e. The fraction of sp³-hybridized carbons (Fsp3) is 0.500. The second kappa shape index (κ2) is 6.43. The van der Waals surface area contributed by atoms with Gasteiger partial charge in [0.25, 0.3) is 0 Å². The van der Waals surface area contributed by atoms with Crippen LogP contribution in [0.3, 0.4) is 0 Å². The molecule has 6 heteroatoms. The average molecular weight is 286 g/mol. The Morgan fingerprint density at radius 2 is 2.28 bits per heavy atom. The van der Waals surface area contributed by atoms with E-state index in [1.807, 2.05) is 25.4 Å². The van der Waals surface area contributed by atoms with Crippen LogP contribution in [0.5, 0.6) is 0 Å². The van der Waals surface area contributed by atoms with Crippen molar-refractivity contribution in [2.75, 3.05) is 26.8 Å². The summed E-state index contributed by atoms with van der Waals surface area (Å²) in [6, 6.07) is 1.95. The molecule has 0 saturated carbocycles. The molecule has 0 fully saturated rings. The molecule has 0 radical (unpaired) electrons. The van der Waals surface area contributed by atoms with Gasteiger partial charge in [0.1, 0.15) is 15.8 Å². The van der Waals surface area contributed by atoms with Crippen molar-refractivity contribution in [3.8, 4) is 0 Å². The van der Waals surface area contributed by atoms with Crippen LogP contribution in [-0.2, 0) is 11.3 Å². The van der Waals surface area contributed by atoms with Crippen LogP contribution in [0.15, 0.2) is 11.4 Å². The molecule has 0 atom stereocenters. The molecule has 0 aliphatic heterocycles. The lowest BCUT2D eigenvalue weighted by Gasteiger charge is -2.15. The molecule has 0 spiro atoms. The van der Waals surface area contributed by atoms with Gasteiger partial charge in [0.15, 0.2) is 0 Å². The first-order valence-electron chi connectivity index (χ1n) is 5.86. The van der Waals surface area contributed by atoms with Crippen LogP contribution in [-0.4, -0.2) is 41.7 Å². The molecule has 98 valence electrons. The fourth-order valence-corrected chi connectivity index (χ4v) is 2.71. The first-order chi connectivity index (χ1) is 8.70. The maximum atomic E-state index is 6.13. The quantitative estimate of drug-likeness (QED) is 0.604. The van der Waals surface area contributed by atoms with E-state index in [1.165, 1.54) is 0 Å².